The lowest BCUT2D eigenvalue weighted by molar-refractivity contribution is -0.134. The maximum Gasteiger partial charge on any atom is 0.237 e. The molecule has 4 aliphatic carbocycles. The van der Waals surface area contributed by atoms with Gasteiger partial charge in [-0.1, -0.05) is 25.7 Å². The lowest BCUT2D eigenvalue weighted by Crippen LogP contribution is -2.69. The molecule has 4 fully saturated rings. The maximum absolute atomic E-state index is 11.9. The summed E-state index contributed by atoms with van der Waals surface area (Å²) in [4.78, 5) is 11.9. The van der Waals surface area contributed by atoms with E-state index in [0.29, 0.717) is 5.92 Å². The molecule has 0 aromatic carbocycles. The minimum atomic E-state index is -0.267. The molecule has 4 saturated carbocycles. The van der Waals surface area contributed by atoms with E-state index in [4.69, 9.17) is 5.73 Å². The zero-order valence-corrected chi connectivity index (χ0v) is 9.87. The summed E-state index contributed by atoms with van der Waals surface area (Å²) in [5, 5.41) is 3.17. The van der Waals surface area contributed by atoms with Gasteiger partial charge in [0.05, 0.1) is 6.04 Å². The van der Waals surface area contributed by atoms with E-state index in [2.05, 4.69) is 5.32 Å². The fourth-order valence-electron chi connectivity index (χ4n) is 3.70. The first kappa shape index (κ1) is 10.6. The van der Waals surface area contributed by atoms with Gasteiger partial charge in [-0.2, -0.15) is 0 Å². The third-order valence-electron chi connectivity index (χ3n) is 4.83. The number of rotatable bonds is 4. The number of hydrogen-bond acceptors (Lipinski definition) is 2. The highest BCUT2D eigenvalue weighted by Gasteiger charge is 2.57. The molecule has 1 amide bonds. The molecule has 3 N–H and O–H groups in total. The first-order valence-electron chi connectivity index (χ1n) is 6.74. The molecule has 0 saturated heterocycles. The normalized spacial score (nSPS) is 38.7. The second-order valence-corrected chi connectivity index (χ2v) is 6.24. The summed E-state index contributed by atoms with van der Waals surface area (Å²) in [6.45, 7) is 0. The van der Waals surface area contributed by atoms with Crippen LogP contribution in [0.15, 0.2) is 0 Å². The number of nitrogens with two attached hydrogens (primary N) is 1. The molecule has 1 unspecified atom stereocenters. The SMILES string of the molecule is NC(CC1CCCC1)C(=O)NC12CC(C1)C2. The average molecular weight is 222 g/mol. The Morgan fingerprint density at radius 1 is 1.31 bits per heavy atom. The van der Waals surface area contributed by atoms with Crippen molar-refractivity contribution in [1.29, 1.82) is 0 Å². The number of carbonyl (C=O) groups excluding carboxylic acids is 1. The lowest BCUT2D eigenvalue weighted by Gasteiger charge is -2.62. The zero-order chi connectivity index (χ0) is 11.2. The van der Waals surface area contributed by atoms with Crippen molar-refractivity contribution in [3.05, 3.63) is 0 Å². The molecule has 16 heavy (non-hydrogen) atoms. The Morgan fingerprint density at radius 3 is 2.44 bits per heavy atom. The quantitative estimate of drug-likeness (QED) is 0.758. The van der Waals surface area contributed by atoms with Gasteiger partial charge < -0.3 is 11.1 Å². The van der Waals surface area contributed by atoms with Crippen LogP contribution in [0.1, 0.15) is 51.4 Å². The Labute approximate surface area is 97.2 Å². The fraction of sp³-hybridized carbons (Fsp3) is 0.923. The number of hydrogen-bond donors (Lipinski definition) is 2. The van der Waals surface area contributed by atoms with Gasteiger partial charge in [0, 0.05) is 5.54 Å². The van der Waals surface area contributed by atoms with Gasteiger partial charge in [0.15, 0.2) is 0 Å². The minimum absolute atomic E-state index is 0.102. The summed E-state index contributed by atoms with van der Waals surface area (Å²) >= 11 is 0. The van der Waals surface area contributed by atoms with E-state index in [-0.39, 0.29) is 17.5 Å². The summed E-state index contributed by atoms with van der Waals surface area (Å²) in [5.74, 6) is 1.71. The van der Waals surface area contributed by atoms with Gasteiger partial charge in [0.1, 0.15) is 0 Å². The number of nitrogens with one attached hydrogen (secondary N) is 1. The van der Waals surface area contributed by atoms with Crippen molar-refractivity contribution < 1.29 is 4.79 Å². The molecular formula is C13H22N2O. The Bertz CT molecular complexity index is 279. The summed E-state index contributed by atoms with van der Waals surface area (Å²) in [7, 11) is 0. The van der Waals surface area contributed by atoms with Crippen LogP contribution in [-0.2, 0) is 4.79 Å². The summed E-state index contributed by atoms with van der Waals surface area (Å²) in [5.41, 5.74) is 6.18. The van der Waals surface area contributed by atoms with E-state index in [1.807, 2.05) is 0 Å². The highest BCUT2D eigenvalue weighted by atomic mass is 16.2. The van der Waals surface area contributed by atoms with Crippen LogP contribution in [0.4, 0.5) is 0 Å². The van der Waals surface area contributed by atoms with Crippen molar-refractivity contribution in [1.82, 2.24) is 5.32 Å². The molecule has 0 aromatic heterocycles. The van der Waals surface area contributed by atoms with Crippen molar-refractivity contribution >= 4 is 5.91 Å². The molecule has 0 aromatic rings. The largest absolute Gasteiger partial charge is 0.349 e. The van der Waals surface area contributed by atoms with Gasteiger partial charge in [0.25, 0.3) is 0 Å². The molecular weight excluding hydrogens is 200 g/mol. The Morgan fingerprint density at radius 2 is 1.94 bits per heavy atom. The molecule has 3 nitrogen and oxygen atoms in total. The monoisotopic (exact) mass is 222 g/mol. The zero-order valence-electron chi connectivity index (χ0n) is 9.87. The van der Waals surface area contributed by atoms with Crippen molar-refractivity contribution in [2.24, 2.45) is 17.6 Å². The van der Waals surface area contributed by atoms with Gasteiger partial charge in [-0.25, -0.2) is 0 Å². The van der Waals surface area contributed by atoms with Crippen LogP contribution < -0.4 is 11.1 Å². The average Bonchev–Trinajstić information content (AvgIpc) is 2.61. The molecule has 2 bridgehead atoms. The molecule has 0 aliphatic heterocycles. The molecule has 1 atom stereocenters. The first-order valence-corrected chi connectivity index (χ1v) is 6.74. The van der Waals surface area contributed by atoms with E-state index >= 15 is 0 Å². The Balaban J connectivity index is 1.45. The van der Waals surface area contributed by atoms with Crippen molar-refractivity contribution in [2.75, 3.05) is 0 Å². The van der Waals surface area contributed by atoms with E-state index in [0.717, 1.165) is 12.3 Å². The second kappa shape index (κ2) is 3.73. The van der Waals surface area contributed by atoms with Crippen LogP contribution in [0.5, 0.6) is 0 Å². The van der Waals surface area contributed by atoms with E-state index in [1.54, 1.807) is 0 Å². The summed E-state index contributed by atoms with van der Waals surface area (Å²) in [6.07, 6.45) is 9.70. The third kappa shape index (κ3) is 1.75. The maximum atomic E-state index is 11.9. The Hall–Kier alpha value is -0.570. The van der Waals surface area contributed by atoms with Crippen molar-refractivity contribution in [2.45, 2.75) is 62.9 Å². The Kier molecular flexibility index (Phi) is 2.46. The van der Waals surface area contributed by atoms with E-state index in [9.17, 15) is 4.79 Å². The third-order valence-corrected chi connectivity index (χ3v) is 4.83. The van der Waals surface area contributed by atoms with Crippen LogP contribution >= 0.6 is 0 Å². The number of carbonyl (C=O) groups is 1. The highest BCUT2D eigenvalue weighted by molar-refractivity contribution is 5.82. The van der Waals surface area contributed by atoms with Crippen molar-refractivity contribution in [3.63, 3.8) is 0 Å². The summed E-state index contributed by atoms with van der Waals surface area (Å²) < 4.78 is 0. The minimum Gasteiger partial charge on any atom is -0.349 e. The van der Waals surface area contributed by atoms with Crippen molar-refractivity contribution in [3.8, 4) is 0 Å². The molecule has 4 rings (SSSR count). The van der Waals surface area contributed by atoms with Crippen LogP contribution in [0.2, 0.25) is 0 Å². The van der Waals surface area contributed by atoms with Crippen LogP contribution in [0.3, 0.4) is 0 Å². The lowest BCUT2D eigenvalue weighted by atomic mass is 9.50. The standard InChI is InChI=1S/C13H22N2O/c14-11(5-9-3-1-2-4-9)12(16)15-13-6-10(7-13)8-13/h9-11H,1-8,14H2,(H,15,16). The van der Waals surface area contributed by atoms with Gasteiger partial charge in [-0.05, 0) is 37.5 Å². The fourth-order valence-corrected chi connectivity index (χ4v) is 3.70. The topological polar surface area (TPSA) is 55.1 Å². The molecule has 90 valence electrons. The van der Waals surface area contributed by atoms with Crippen LogP contribution in [0.25, 0.3) is 0 Å². The molecule has 4 aliphatic rings. The smallest absolute Gasteiger partial charge is 0.237 e. The van der Waals surface area contributed by atoms with E-state index in [1.165, 1.54) is 44.9 Å². The van der Waals surface area contributed by atoms with Gasteiger partial charge in [-0.3, -0.25) is 4.79 Å². The van der Waals surface area contributed by atoms with Gasteiger partial charge >= 0.3 is 0 Å². The predicted octanol–water partition coefficient (Wildman–Crippen LogP) is 1.56. The molecule has 0 spiro atoms. The van der Waals surface area contributed by atoms with Crippen LogP contribution in [0, 0.1) is 11.8 Å². The summed E-state index contributed by atoms with van der Waals surface area (Å²) in [6, 6.07) is -0.267. The van der Waals surface area contributed by atoms with E-state index < -0.39 is 0 Å². The molecule has 0 radical (unpaired) electrons. The van der Waals surface area contributed by atoms with Crippen LogP contribution in [-0.4, -0.2) is 17.5 Å². The van der Waals surface area contributed by atoms with Gasteiger partial charge in [-0.15, -0.1) is 0 Å². The molecule has 0 heterocycles. The first-order chi connectivity index (χ1) is 7.67. The molecule has 3 heteroatoms. The van der Waals surface area contributed by atoms with Gasteiger partial charge in [0.2, 0.25) is 5.91 Å². The second-order valence-electron chi connectivity index (χ2n) is 6.24. The predicted molar refractivity (Wildman–Crippen MR) is 62.8 cm³/mol. The highest BCUT2D eigenvalue weighted by Crippen LogP contribution is 2.56. The number of amides is 1.